The molecule has 0 saturated carbocycles. The smallest absolute Gasteiger partial charge is 0.264 e. The van der Waals surface area contributed by atoms with Gasteiger partial charge in [0.15, 0.2) is 0 Å². The highest BCUT2D eigenvalue weighted by atomic mass is 16.3. The lowest BCUT2D eigenvalue weighted by molar-refractivity contribution is -0.136. The molecule has 2 aliphatic rings. The first-order chi connectivity index (χ1) is 13.0. The summed E-state index contributed by atoms with van der Waals surface area (Å²) in [5.41, 5.74) is 1.43. The lowest BCUT2D eigenvalue weighted by Crippen LogP contribution is -2.54. The average molecular weight is 365 g/mol. The van der Waals surface area contributed by atoms with Gasteiger partial charge in [0.05, 0.1) is 16.8 Å². The number of hydrogen-bond acceptors (Lipinski definition) is 6. The van der Waals surface area contributed by atoms with Gasteiger partial charge in [-0.1, -0.05) is 6.07 Å². The van der Waals surface area contributed by atoms with Crippen molar-refractivity contribution in [2.75, 3.05) is 5.32 Å². The lowest BCUT2D eigenvalue weighted by Gasteiger charge is -2.27. The fourth-order valence-electron chi connectivity index (χ4n) is 3.32. The van der Waals surface area contributed by atoms with Crippen molar-refractivity contribution in [3.63, 3.8) is 0 Å². The number of fused-ring (bicyclic) bond motifs is 1. The van der Waals surface area contributed by atoms with Crippen molar-refractivity contribution in [2.45, 2.75) is 18.9 Å². The Balaban J connectivity index is 1.68. The molecule has 4 rings (SSSR count). The molecule has 1 atom stereocenters. The van der Waals surface area contributed by atoms with Gasteiger partial charge in [-0.25, -0.2) is 0 Å². The van der Waals surface area contributed by atoms with Crippen LogP contribution in [0, 0.1) is 0 Å². The second kappa shape index (κ2) is 6.24. The van der Waals surface area contributed by atoms with Crippen LogP contribution in [-0.2, 0) is 9.59 Å². The van der Waals surface area contributed by atoms with E-state index in [1.54, 1.807) is 24.3 Å². The standard InChI is InChI=1S/C19H15N3O5/c23-11-6-4-10(5-7-11)20-13-3-1-2-12-16(13)19(27)22(18(12)26)14-8-9-15(24)21-17(14)25/h1-7,14,20,23H,8-9H2,(H,21,24,25). The van der Waals surface area contributed by atoms with E-state index >= 15 is 0 Å². The number of nitrogens with one attached hydrogen (secondary N) is 2. The van der Waals surface area contributed by atoms with E-state index < -0.39 is 29.7 Å². The number of hydrogen-bond donors (Lipinski definition) is 3. The van der Waals surface area contributed by atoms with Crippen LogP contribution in [0.3, 0.4) is 0 Å². The van der Waals surface area contributed by atoms with Crippen molar-refractivity contribution in [1.29, 1.82) is 0 Å². The maximum Gasteiger partial charge on any atom is 0.264 e. The number of nitrogens with zero attached hydrogens (tertiary/aromatic N) is 1. The first-order valence-corrected chi connectivity index (χ1v) is 8.36. The Labute approximate surface area is 153 Å². The zero-order valence-corrected chi connectivity index (χ0v) is 14.1. The Morgan fingerprint density at radius 3 is 2.44 bits per heavy atom. The molecule has 1 saturated heterocycles. The molecule has 8 nitrogen and oxygen atoms in total. The summed E-state index contributed by atoms with van der Waals surface area (Å²) in [6, 6.07) is 10.1. The highest BCUT2D eigenvalue weighted by Gasteiger charge is 2.45. The number of benzene rings is 2. The van der Waals surface area contributed by atoms with Gasteiger partial charge in [0, 0.05) is 12.1 Å². The number of aromatic hydroxyl groups is 1. The number of carbonyl (C=O) groups excluding carboxylic acids is 4. The summed E-state index contributed by atoms with van der Waals surface area (Å²) in [4.78, 5) is 50.1. The number of amides is 4. The van der Waals surface area contributed by atoms with Crippen LogP contribution in [0.1, 0.15) is 33.6 Å². The molecule has 3 N–H and O–H groups in total. The molecule has 0 spiro atoms. The number of carbonyl (C=O) groups is 4. The highest BCUT2D eigenvalue weighted by Crippen LogP contribution is 2.33. The molecule has 136 valence electrons. The van der Waals surface area contributed by atoms with Crippen LogP contribution in [0.4, 0.5) is 11.4 Å². The Bertz CT molecular complexity index is 983. The van der Waals surface area contributed by atoms with Crippen molar-refractivity contribution in [3.05, 3.63) is 53.6 Å². The maximum atomic E-state index is 13.0. The van der Waals surface area contributed by atoms with Gasteiger partial charge in [-0.3, -0.25) is 29.4 Å². The van der Waals surface area contributed by atoms with Crippen molar-refractivity contribution in [2.24, 2.45) is 0 Å². The van der Waals surface area contributed by atoms with E-state index in [9.17, 15) is 24.3 Å². The van der Waals surface area contributed by atoms with E-state index in [2.05, 4.69) is 10.6 Å². The summed E-state index contributed by atoms with van der Waals surface area (Å²) in [6.07, 6.45) is 0.180. The molecule has 0 aliphatic carbocycles. The Morgan fingerprint density at radius 1 is 1.00 bits per heavy atom. The molecule has 8 heteroatoms. The van der Waals surface area contributed by atoms with E-state index in [-0.39, 0.29) is 29.7 Å². The fraction of sp³-hybridized carbons (Fsp3) is 0.158. The van der Waals surface area contributed by atoms with Crippen LogP contribution in [0.25, 0.3) is 0 Å². The molecule has 27 heavy (non-hydrogen) atoms. The van der Waals surface area contributed by atoms with Gasteiger partial charge in [0.2, 0.25) is 11.8 Å². The second-order valence-electron chi connectivity index (χ2n) is 6.35. The third kappa shape index (κ3) is 2.80. The third-order valence-electron chi connectivity index (χ3n) is 4.61. The number of piperidine rings is 1. The summed E-state index contributed by atoms with van der Waals surface area (Å²) in [5.74, 6) is -2.09. The van der Waals surface area contributed by atoms with Gasteiger partial charge in [-0.05, 0) is 42.8 Å². The van der Waals surface area contributed by atoms with Gasteiger partial charge in [-0.2, -0.15) is 0 Å². The molecule has 2 aromatic rings. The van der Waals surface area contributed by atoms with E-state index in [1.165, 1.54) is 18.2 Å². The van der Waals surface area contributed by atoms with Crippen LogP contribution in [0.2, 0.25) is 0 Å². The molecule has 2 heterocycles. The molecule has 2 aromatic carbocycles. The van der Waals surface area contributed by atoms with Gasteiger partial charge in [0.25, 0.3) is 11.8 Å². The molecular weight excluding hydrogens is 350 g/mol. The van der Waals surface area contributed by atoms with Crippen LogP contribution in [0.15, 0.2) is 42.5 Å². The zero-order chi connectivity index (χ0) is 19.1. The Hall–Kier alpha value is -3.68. The van der Waals surface area contributed by atoms with E-state index in [1.807, 2.05) is 0 Å². The predicted molar refractivity (Wildman–Crippen MR) is 94.5 cm³/mol. The molecule has 2 aliphatic heterocycles. The van der Waals surface area contributed by atoms with Crippen molar-refractivity contribution >= 4 is 35.0 Å². The summed E-state index contributed by atoms with van der Waals surface area (Å²) >= 11 is 0. The van der Waals surface area contributed by atoms with Crippen LogP contribution in [-0.4, -0.2) is 39.7 Å². The van der Waals surface area contributed by atoms with Crippen LogP contribution < -0.4 is 10.6 Å². The van der Waals surface area contributed by atoms with E-state index in [0.29, 0.717) is 11.4 Å². The number of phenolic OH excluding ortho intramolecular Hbond substituents is 1. The first kappa shape index (κ1) is 16.8. The number of phenols is 1. The van der Waals surface area contributed by atoms with Crippen LogP contribution in [0.5, 0.6) is 5.75 Å². The second-order valence-corrected chi connectivity index (χ2v) is 6.35. The van der Waals surface area contributed by atoms with Gasteiger partial charge < -0.3 is 10.4 Å². The highest BCUT2D eigenvalue weighted by molar-refractivity contribution is 6.25. The maximum absolute atomic E-state index is 13.0. The van der Waals surface area contributed by atoms with Gasteiger partial charge in [-0.15, -0.1) is 0 Å². The molecule has 0 aromatic heterocycles. The SMILES string of the molecule is O=C1CCC(N2C(=O)c3cccc(Nc4ccc(O)cc4)c3C2=O)C(=O)N1. The predicted octanol–water partition coefficient (Wildman–Crippen LogP) is 1.54. The minimum Gasteiger partial charge on any atom is -0.508 e. The quantitative estimate of drug-likeness (QED) is 0.561. The van der Waals surface area contributed by atoms with Crippen molar-refractivity contribution in [3.8, 4) is 5.75 Å². The lowest BCUT2D eigenvalue weighted by atomic mass is 10.0. The Morgan fingerprint density at radius 2 is 1.74 bits per heavy atom. The molecule has 0 bridgehead atoms. The van der Waals surface area contributed by atoms with Gasteiger partial charge in [0.1, 0.15) is 11.8 Å². The minimum absolute atomic E-state index is 0.0719. The molecular formula is C19H15N3O5. The fourth-order valence-corrected chi connectivity index (χ4v) is 3.32. The third-order valence-corrected chi connectivity index (χ3v) is 4.61. The topological polar surface area (TPSA) is 116 Å². The molecule has 0 radical (unpaired) electrons. The molecule has 4 amide bonds. The zero-order valence-electron chi connectivity index (χ0n) is 14.1. The minimum atomic E-state index is -1.00. The summed E-state index contributed by atoms with van der Waals surface area (Å²) in [6.45, 7) is 0. The first-order valence-electron chi connectivity index (χ1n) is 8.36. The van der Waals surface area contributed by atoms with Crippen molar-refractivity contribution in [1.82, 2.24) is 10.2 Å². The average Bonchev–Trinajstić information content (AvgIpc) is 2.89. The van der Waals surface area contributed by atoms with Crippen LogP contribution >= 0.6 is 0 Å². The Kier molecular flexibility index (Phi) is 3.88. The van der Waals surface area contributed by atoms with E-state index in [0.717, 1.165) is 4.90 Å². The summed E-state index contributed by atoms with van der Waals surface area (Å²) in [7, 11) is 0. The summed E-state index contributed by atoms with van der Waals surface area (Å²) < 4.78 is 0. The molecule has 1 fully saturated rings. The molecule has 1 unspecified atom stereocenters. The number of rotatable bonds is 3. The van der Waals surface area contributed by atoms with Crippen molar-refractivity contribution < 1.29 is 24.3 Å². The summed E-state index contributed by atoms with van der Waals surface area (Å²) in [5, 5.41) is 14.6. The van der Waals surface area contributed by atoms with Gasteiger partial charge >= 0.3 is 0 Å². The van der Waals surface area contributed by atoms with E-state index in [4.69, 9.17) is 0 Å². The monoisotopic (exact) mass is 365 g/mol. The normalized spacial score (nSPS) is 19.1. The number of imide groups is 2. The largest absolute Gasteiger partial charge is 0.508 e. The number of anilines is 2.